The lowest BCUT2D eigenvalue weighted by molar-refractivity contribution is 0.0540. The van der Waals surface area contributed by atoms with Gasteiger partial charge in [0.05, 0.1) is 6.61 Å². The zero-order chi connectivity index (χ0) is 14.5. The molecule has 0 spiro atoms. The fraction of sp³-hybridized carbons (Fsp3) is 0.533. The van der Waals surface area contributed by atoms with Crippen molar-refractivity contribution in [2.24, 2.45) is 0 Å². The van der Waals surface area contributed by atoms with Crippen LogP contribution in [0.2, 0.25) is 0 Å². The topological polar surface area (TPSA) is 43.8 Å². The molecule has 2 rings (SSSR count). The third-order valence-electron chi connectivity index (χ3n) is 3.82. The van der Waals surface area contributed by atoms with Gasteiger partial charge in [0.25, 0.3) is 5.91 Å². The second-order valence-corrected chi connectivity index (χ2v) is 5.26. The molecular weight excluding hydrogens is 259 g/mol. The van der Waals surface area contributed by atoms with Gasteiger partial charge in [-0.2, -0.15) is 0 Å². The Bertz CT molecular complexity index is 442. The van der Waals surface area contributed by atoms with Crippen molar-refractivity contribution in [2.75, 3.05) is 33.3 Å². The van der Waals surface area contributed by atoms with Crippen molar-refractivity contribution >= 4 is 5.91 Å². The Hall–Kier alpha value is -1.46. The molecule has 0 radical (unpaired) electrons. The Morgan fingerprint density at radius 2 is 1.95 bits per heavy atom. The van der Waals surface area contributed by atoms with Crippen LogP contribution in [0.3, 0.4) is 0 Å². The molecule has 5 heteroatoms. The monoisotopic (exact) mass is 280 g/mol. The molecule has 1 aliphatic heterocycles. The number of amides is 1. The van der Waals surface area contributed by atoms with Gasteiger partial charge in [-0.1, -0.05) is 0 Å². The van der Waals surface area contributed by atoms with Crippen LogP contribution < -0.4 is 0 Å². The highest BCUT2D eigenvalue weighted by molar-refractivity contribution is 5.94. The minimum Gasteiger partial charge on any atom is -0.395 e. The van der Waals surface area contributed by atoms with Gasteiger partial charge in [0.15, 0.2) is 0 Å². The van der Waals surface area contributed by atoms with Crippen LogP contribution in [0.4, 0.5) is 4.39 Å². The maximum Gasteiger partial charge on any atom is 0.254 e. The number of likely N-dealkylation sites (tertiary alicyclic amines) is 1. The van der Waals surface area contributed by atoms with Gasteiger partial charge in [-0.3, -0.25) is 4.79 Å². The predicted octanol–water partition coefficient (Wildman–Crippen LogP) is 1.35. The summed E-state index contributed by atoms with van der Waals surface area (Å²) >= 11 is 0. The van der Waals surface area contributed by atoms with E-state index in [1.165, 1.54) is 24.3 Å². The molecule has 4 nitrogen and oxygen atoms in total. The van der Waals surface area contributed by atoms with Gasteiger partial charge in [0, 0.05) is 18.2 Å². The lowest BCUT2D eigenvalue weighted by Crippen LogP contribution is -2.47. The molecule has 1 heterocycles. The molecule has 0 unspecified atom stereocenters. The van der Waals surface area contributed by atoms with E-state index in [0.717, 1.165) is 25.9 Å². The zero-order valence-corrected chi connectivity index (χ0v) is 11.8. The third kappa shape index (κ3) is 3.55. The van der Waals surface area contributed by atoms with E-state index in [4.69, 9.17) is 0 Å². The SMILES string of the molecule is CN1CCC(N(CCO)C(=O)c2ccc(F)cc2)CC1. The van der Waals surface area contributed by atoms with Crippen LogP contribution >= 0.6 is 0 Å². The summed E-state index contributed by atoms with van der Waals surface area (Å²) in [6.45, 7) is 2.16. The van der Waals surface area contributed by atoms with Crippen molar-refractivity contribution in [1.82, 2.24) is 9.80 Å². The fourth-order valence-corrected chi connectivity index (χ4v) is 2.62. The Balaban J connectivity index is 2.11. The summed E-state index contributed by atoms with van der Waals surface area (Å²) in [6.07, 6.45) is 1.81. The molecule has 0 aromatic heterocycles. The molecule has 0 aliphatic carbocycles. The molecule has 1 N–H and O–H groups in total. The van der Waals surface area contributed by atoms with Crippen molar-refractivity contribution < 1.29 is 14.3 Å². The number of nitrogens with zero attached hydrogens (tertiary/aromatic N) is 2. The normalized spacial score (nSPS) is 17.1. The summed E-state index contributed by atoms with van der Waals surface area (Å²) in [5.74, 6) is -0.483. The Morgan fingerprint density at radius 1 is 1.35 bits per heavy atom. The van der Waals surface area contributed by atoms with Crippen LogP contribution in [-0.2, 0) is 0 Å². The Kier molecular flexibility index (Phi) is 5.09. The predicted molar refractivity (Wildman–Crippen MR) is 75.0 cm³/mol. The first kappa shape index (κ1) is 14.9. The molecule has 0 bridgehead atoms. The number of hydrogen-bond acceptors (Lipinski definition) is 3. The number of hydrogen-bond donors (Lipinski definition) is 1. The van der Waals surface area contributed by atoms with Crippen LogP contribution in [0.5, 0.6) is 0 Å². The van der Waals surface area contributed by atoms with Crippen molar-refractivity contribution in [3.8, 4) is 0 Å². The van der Waals surface area contributed by atoms with E-state index in [2.05, 4.69) is 11.9 Å². The number of halogens is 1. The third-order valence-corrected chi connectivity index (χ3v) is 3.82. The van der Waals surface area contributed by atoms with Gasteiger partial charge >= 0.3 is 0 Å². The summed E-state index contributed by atoms with van der Waals surface area (Å²) in [4.78, 5) is 16.5. The molecule has 1 amide bonds. The quantitative estimate of drug-likeness (QED) is 0.905. The van der Waals surface area contributed by atoms with Crippen molar-refractivity contribution in [3.05, 3.63) is 35.6 Å². The van der Waals surface area contributed by atoms with Gasteiger partial charge < -0.3 is 14.9 Å². The van der Waals surface area contributed by atoms with E-state index in [-0.39, 0.29) is 24.4 Å². The van der Waals surface area contributed by atoms with E-state index in [0.29, 0.717) is 12.1 Å². The van der Waals surface area contributed by atoms with Gasteiger partial charge in [-0.25, -0.2) is 4.39 Å². The van der Waals surface area contributed by atoms with Crippen LogP contribution in [0.25, 0.3) is 0 Å². The maximum absolute atomic E-state index is 12.9. The highest BCUT2D eigenvalue weighted by atomic mass is 19.1. The fourth-order valence-electron chi connectivity index (χ4n) is 2.62. The van der Waals surface area contributed by atoms with Crippen molar-refractivity contribution in [3.63, 3.8) is 0 Å². The van der Waals surface area contributed by atoms with E-state index < -0.39 is 0 Å². The van der Waals surface area contributed by atoms with E-state index >= 15 is 0 Å². The summed E-state index contributed by atoms with van der Waals surface area (Å²) < 4.78 is 12.9. The van der Waals surface area contributed by atoms with Gasteiger partial charge in [0.1, 0.15) is 5.82 Å². The number of piperidine rings is 1. The highest BCUT2D eigenvalue weighted by Gasteiger charge is 2.27. The molecule has 1 aliphatic rings. The average Bonchev–Trinajstić information content (AvgIpc) is 2.46. The minimum atomic E-state index is -0.352. The summed E-state index contributed by atoms with van der Waals surface area (Å²) in [7, 11) is 2.06. The van der Waals surface area contributed by atoms with Crippen LogP contribution in [0.1, 0.15) is 23.2 Å². The second-order valence-electron chi connectivity index (χ2n) is 5.26. The molecular formula is C15H21FN2O2. The molecule has 1 saturated heterocycles. The molecule has 1 aromatic carbocycles. The van der Waals surface area contributed by atoms with E-state index in [1.54, 1.807) is 4.90 Å². The first-order valence-electron chi connectivity index (χ1n) is 6.97. The molecule has 1 aromatic rings. The van der Waals surface area contributed by atoms with Crippen molar-refractivity contribution in [2.45, 2.75) is 18.9 Å². The average molecular weight is 280 g/mol. The summed E-state index contributed by atoms with van der Waals surface area (Å²) in [5, 5.41) is 9.19. The molecule has 20 heavy (non-hydrogen) atoms. The number of aliphatic hydroxyl groups excluding tert-OH is 1. The van der Waals surface area contributed by atoms with Crippen LogP contribution in [-0.4, -0.2) is 60.1 Å². The van der Waals surface area contributed by atoms with Gasteiger partial charge in [-0.05, 0) is 57.2 Å². The largest absolute Gasteiger partial charge is 0.395 e. The second kappa shape index (κ2) is 6.81. The smallest absolute Gasteiger partial charge is 0.254 e. The number of benzene rings is 1. The van der Waals surface area contributed by atoms with Crippen molar-refractivity contribution in [1.29, 1.82) is 0 Å². The van der Waals surface area contributed by atoms with Gasteiger partial charge in [-0.15, -0.1) is 0 Å². The van der Waals surface area contributed by atoms with Crippen LogP contribution in [0.15, 0.2) is 24.3 Å². The minimum absolute atomic E-state index is 0.0563. The standard InChI is InChI=1S/C15H21FN2O2/c1-17-8-6-14(7-9-17)18(10-11-19)15(20)12-2-4-13(16)5-3-12/h2-5,14,19H,6-11H2,1H3. The maximum atomic E-state index is 12.9. The molecule has 0 saturated carbocycles. The van der Waals surface area contributed by atoms with E-state index in [9.17, 15) is 14.3 Å². The van der Waals surface area contributed by atoms with Crippen LogP contribution in [0, 0.1) is 5.82 Å². The Morgan fingerprint density at radius 3 is 2.50 bits per heavy atom. The summed E-state index contributed by atoms with van der Waals surface area (Å²) in [6, 6.07) is 5.72. The first-order valence-corrected chi connectivity index (χ1v) is 6.97. The van der Waals surface area contributed by atoms with Gasteiger partial charge in [0.2, 0.25) is 0 Å². The number of aliphatic hydroxyl groups is 1. The Labute approximate surface area is 118 Å². The number of carbonyl (C=O) groups excluding carboxylic acids is 1. The lowest BCUT2D eigenvalue weighted by atomic mass is 10.0. The lowest BCUT2D eigenvalue weighted by Gasteiger charge is -2.37. The zero-order valence-electron chi connectivity index (χ0n) is 11.8. The highest BCUT2D eigenvalue weighted by Crippen LogP contribution is 2.18. The first-order chi connectivity index (χ1) is 9.61. The van der Waals surface area contributed by atoms with E-state index in [1.807, 2.05) is 0 Å². The molecule has 1 fully saturated rings. The summed E-state index contributed by atoms with van der Waals surface area (Å²) in [5.41, 5.74) is 0.471. The number of rotatable bonds is 4. The molecule has 0 atom stereocenters. The molecule has 110 valence electrons. The number of carbonyl (C=O) groups is 1.